The zero-order valence-corrected chi connectivity index (χ0v) is 24.4. The summed E-state index contributed by atoms with van der Waals surface area (Å²) in [6, 6.07) is 19.4. The largest absolute Gasteiger partial charge is 0.497 e. The van der Waals surface area contributed by atoms with E-state index in [1.165, 1.54) is 30.1 Å². The van der Waals surface area contributed by atoms with Gasteiger partial charge in [0.15, 0.2) is 4.80 Å². The summed E-state index contributed by atoms with van der Waals surface area (Å²) in [6.45, 7) is 2.13. The highest BCUT2D eigenvalue weighted by Crippen LogP contribution is 2.37. The molecule has 41 heavy (non-hydrogen) atoms. The highest BCUT2D eigenvalue weighted by atomic mass is 35.5. The van der Waals surface area contributed by atoms with Gasteiger partial charge in [0.25, 0.3) is 5.56 Å². The van der Waals surface area contributed by atoms with Gasteiger partial charge in [-0.1, -0.05) is 47.2 Å². The Hall–Kier alpha value is -4.34. The molecule has 0 radical (unpaired) electrons. The Morgan fingerprint density at radius 2 is 1.71 bits per heavy atom. The Kier molecular flexibility index (Phi) is 8.28. The van der Waals surface area contributed by atoms with E-state index in [1.54, 1.807) is 38.3 Å². The molecule has 1 aromatic heterocycles. The van der Waals surface area contributed by atoms with Gasteiger partial charge in [0.05, 0.1) is 37.1 Å². The third-order valence-electron chi connectivity index (χ3n) is 6.66. The first kappa shape index (κ1) is 28.2. The van der Waals surface area contributed by atoms with Crippen LogP contribution < -0.4 is 29.1 Å². The highest BCUT2D eigenvalue weighted by Gasteiger charge is 2.35. The molecule has 5 rings (SSSR count). The summed E-state index contributed by atoms with van der Waals surface area (Å²) in [5.41, 5.74) is 2.78. The van der Waals surface area contributed by atoms with E-state index in [9.17, 15) is 9.59 Å². The molecular weight excluding hydrogens is 564 g/mol. The van der Waals surface area contributed by atoms with E-state index in [0.717, 1.165) is 16.9 Å². The van der Waals surface area contributed by atoms with Crippen molar-refractivity contribution in [1.82, 2.24) is 4.57 Å². The molecule has 0 amide bonds. The molecule has 8 nitrogen and oxygen atoms in total. The van der Waals surface area contributed by atoms with Crippen LogP contribution in [0.1, 0.15) is 29.7 Å². The predicted octanol–water partition coefficient (Wildman–Crippen LogP) is 4.66. The van der Waals surface area contributed by atoms with Crippen LogP contribution in [0.25, 0.3) is 6.08 Å². The first-order valence-electron chi connectivity index (χ1n) is 12.6. The molecule has 0 spiro atoms. The van der Waals surface area contributed by atoms with Gasteiger partial charge in [-0.25, -0.2) is 9.79 Å². The van der Waals surface area contributed by atoms with Gasteiger partial charge in [-0.2, -0.15) is 0 Å². The van der Waals surface area contributed by atoms with Crippen LogP contribution in [0.3, 0.4) is 0 Å². The number of hydrogen-bond donors (Lipinski definition) is 0. The van der Waals surface area contributed by atoms with E-state index >= 15 is 0 Å². The average Bonchev–Trinajstić information content (AvgIpc) is 3.29. The predicted molar refractivity (Wildman–Crippen MR) is 158 cm³/mol. The molecule has 2 heterocycles. The van der Waals surface area contributed by atoms with Crippen molar-refractivity contribution in [1.29, 1.82) is 0 Å². The first-order valence-corrected chi connectivity index (χ1v) is 13.8. The molecule has 3 aromatic carbocycles. The second kappa shape index (κ2) is 12.0. The normalized spacial score (nSPS) is 14.8. The van der Waals surface area contributed by atoms with Crippen LogP contribution in [0.5, 0.6) is 17.2 Å². The third kappa shape index (κ3) is 5.77. The lowest BCUT2D eigenvalue weighted by atomic mass is 9.95. The number of methoxy groups -OCH3 is 3. The van der Waals surface area contributed by atoms with E-state index in [2.05, 4.69) is 4.99 Å². The van der Waals surface area contributed by atoms with Crippen LogP contribution in [0, 0.1) is 0 Å². The summed E-state index contributed by atoms with van der Waals surface area (Å²) in [5.74, 6) is 1.39. The molecule has 210 valence electrons. The maximum absolute atomic E-state index is 13.8. The standard InChI is InChI=1S/C31H27ClN2O6S/c1-18-27(30(36)39-4)28(24-16-21(32)9-14-25(24)38-3)34-29(35)26(41-31(34)33-18)15-19-5-12-23(13-6-19)40-17-20-7-10-22(37-2)11-8-20/h5-16,28H,17H2,1-4H3/b26-15-/t28-/m0/s1. The van der Waals surface area contributed by atoms with Crippen molar-refractivity contribution in [2.24, 2.45) is 4.99 Å². The Balaban J connectivity index is 1.50. The number of nitrogens with zero attached hydrogens (tertiary/aromatic N) is 2. The number of allylic oxidation sites excluding steroid dienone is 1. The van der Waals surface area contributed by atoms with Gasteiger partial charge in [-0.15, -0.1) is 0 Å². The third-order valence-corrected chi connectivity index (χ3v) is 7.87. The fraction of sp³-hybridized carbons (Fsp3) is 0.194. The summed E-state index contributed by atoms with van der Waals surface area (Å²) in [7, 11) is 4.45. The van der Waals surface area contributed by atoms with Crippen molar-refractivity contribution in [3.05, 3.63) is 119 Å². The molecule has 0 saturated carbocycles. The van der Waals surface area contributed by atoms with E-state index < -0.39 is 12.0 Å². The number of thiazole rings is 1. The van der Waals surface area contributed by atoms with Crippen molar-refractivity contribution in [3.63, 3.8) is 0 Å². The molecule has 0 saturated heterocycles. The number of halogens is 1. The zero-order valence-electron chi connectivity index (χ0n) is 22.8. The number of rotatable bonds is 8. The summed E-state index contributed by atoms with van der Waals surface area (Å²) < 4.78 is 23.7. The maximum Gasteiger partial charge on any atom is 0.338 e. The summed E-state index contributed by atoms with van der Waals surface area (Å²) >= 11 is 7.57. The molecule has 0 unspecified atom stereocenters. The van der Waals surface area contributed by atoms with Gasteiger partial charge in [-0.3, -0.25) is 9.36 Å². The SMILES string of the molecule is COC(=O)C1=C(C)N=c2s/c(=C\c3ccc(OCc4ccc(OC)cc4)cc3)c(=O)n2[C@H]1c1cc(Cl)ccc1OC. The van der Waals surface area contributed by atoms with Crippen molar-refractivity contribution >= 4 is 35.0 Å². The molecule has 0 bridgehead atoms. The fourth-order valence-corrected chi connectivity index (χ4v) is 5.83. The number of hydrogen-bond acceptors (Lipinski definition) is 8. The van der Waals surface area contributed by atoms with Gasteiger partial charge >= 0.3 is 5.97 Å². The molecule has 10 heteroatoms. The molecule has 1 aliphatic rings. The molecule has 0 N–H and O–H groups in total. The van der Waals surface area contributed by atoms with Crippen LogP contribution in [0.15, 0.2) is 87.8 Å². The summed E-state index contributed by atoms with van der Waals surface area (Å²) in [5, 5.41) is 0.441. The molecule has 0 fully saturated rings. The Labute approximate surface area is 245 Å². The molecular formula is C31H27ClN2O6S. The zero-order chi connectivity index (χ0) is 29.1. The second-order valence-electron chi connectivity index (χ2n) is 9.17. The number of benzene rings is 3. The van der Waals surface area contributed by atoms with Crippen molar-refractivity contribution in [2.75, 3.05) is 21.3 Å². The van der Waals surface area contributed by atoms with Crippen molar-refractivity contribution < 1.29 is 23.7 Å². The Morgan fingerprint density at radius 1 is 1.00 bits per heavy atom. The molecule has 0 aliphatic carbocycles. The molecule has 1 atom stereocenters. The maximum atomic E-state index is 13.8. The van der Waals surface area contributed by atoms with Gasteiger partial charge in [0, 0.05) is 10.6 Å². The number of carbonyl (C=O) groups is 1. The monoisotopic (exact) mass is 590 g/mol. The van der Waals surface area contributed by atoms with E-state index in [-0.39, 0.29) is 11.1 Å². The fourth-order valence-electron chi connectivity index (χ4n) is 4.61. The van der Waals surface area contributed by atoms with Crippen molar-refractivity contribution in [2.45, 2.75) is 19.6 Å². The van der Waals surface area contributed by atoms with E-state index in [4.69, 9.17) is 30.5 Å². The van der Waals surface area contributed by atoms with Gasteiger partial charge in [-0.05, 0) is 66.6 Å². The lowest BCUT2D eigenvalue weighted by Crippen LogP contribution is -2.40. The number of fused-ring (bicyclic) bond motifs is 1. The Morgan fingerprint density at radius 3 is 2.37 bits per heavy atom. The summed E-state index contributed by atoms with van der Waals surface area (Å²) in [6.07, 6.45) is 1.79. The van der Waals surface area contributed by atoms with Crippen LogP contribution in [-0.4, -0.2) is 31.9 Å². The minimum atomic E-state index is -0.830. The lowest BCUT2D eigenvalue weighted by Gasteiger charge is -2.25. The molecule has 1 aliphatic heterocycles. The highest BCUT2D eigenvalue weighted by molar-refractivity contribution is 7.07. The van der Waals surface area contributed by atoms with Gasteiger partial charge < -0.3 is 18.9 Å². The van der Waals surface area contributed by atoms with E-state index in [0.29, 0.717) is 43.7 Å². The van der Waals surface area contributed by atoms with E-state index in [1.807, 2.05) is 48.5 Å². The van der Waals surface area contributed by atoms with Gasteiger partial charge in [0.1, 0.15) is 29.9 Å². The number of esters is 1. The minimum absolute atomic E-state index is 0.241. The number of carbonyl (C=O) groups excluding carboxylic acids is 1. The van der Waals surface area contributed by atoms with Crippen LogP contribution in [0.2, 0.25) is 5.02 Å². The van der Waals surface area contributed by atoms with Gasteiger partial charge in [0.2, 0.25) is 0 Å². The van der Waals surface area contributed by atoms with Crippen LogP contribution >= 0.6 is 22.9 Å². The van der Waals surface area contributed by atoms with Crippen molar-refractivity contribution in [3.8, 4) is 17.2 Å². The van der Waals surface area contributed by atoms with Crippen LogP contribution in [0.4, 0.5) is 0 Å². The average molecular weight is 591 g/mol. The Bertz CT molecular complexity index is 1810. The topological polar surface area (TPSA) is 88.4 Å². The smallest absolute Gasteiger partial charge is 0.338 e. The summed E-state index contributed by atoms with van der Waals surface area (Å²) in [4.78, 5) is 31.8. The number of ether oxygens (including phenoxy) is 4. The minimum Gasteiger partial charge on any atom is -0.497 e. The first-order chi connectivity index (χ1) is 19.8. The molecule has 4 aromatic rings. The number of aromatic nitrogens is 1. The quantitative estimate of drug-likeness (QED) is 0.278. The lowest BCUT2D eigenvalue weighted by molar-refractivity contribution is -0.136. The second-order valence-corrected chi connectivity index (χ2v) is 10.6. The van der Waals surface area contributed by atoms with Crippen LogP contribution in [-0.2, 0) is 16.1 Å².